The number of carbonyl (C=O) groups excluding carboxylic acids is 1. The number of H-pyrrole nitrogens is 1. The van der Waals surface area contributed by atoms with E-state index in [0.29, 0.717) is 13.2 Å². The minimum atomic E-state index is -0.346. The summed E-state index contributed by atoms with van der Waals surface area (Å²) in [7, 11) is 0. The first-order valence-corrected chi connectivity index (χ1v) is 6.10. The number of nitrogens with one attached hydrogen (secondary N) is 2. The molecule has 0 fully saturated rings. The van der Waals surface area contributed by atoms with Crippen LogP contribution >= 0.6 is 0 Å². The van der Waals surface area contributed by atoms with Crippen LogP contribution in [0.1, 0.15) is 36.3 Å². The highest BCUT2D eigenvalue weighted by Gasteiger charge is 2.09. The Kier molecular flexibility index (Phi) is 5.58. The molecule has 0 aliphatic heterocycles. The molecule has 1 aromatic rings. The first-order valence-electron chi connectivity index (χ1n) is 6.10. The van der Waals surface area contributed by atoms with Crippen LogP contribution in [0.25, 0.3) is 0 Å². The summed E-state index contributed by atoms with van der Waals surface area (Å²) in [6.45, 7) is 6.79. The molecule has 18 heavy (non-hydrogen) atoms. The van der Waals surface area contributed by atoms with Crippen LogP contribution in [0.3, 0.4) is 0 Å². The zero-order valence-electron chi connectivity index (χ0n) is 11.1. The van der Waals surface area contributed by atoms with E-state index in [1.54, 1.807) is 6.92 Å². The first kappa shape index (κ1) is 14.4. The molecule has 0 aliphatic carbocycles. The normalized spacial score (nSPS) is 10.7. The van der Waals surface area contributed by atoms with Crippen molar-refractivity contribution < 1.29 is 9.53 Å². The van der Waals surface area contributed by atoms with Crippen molar-refractivity contribution in [1.29, 1.82) is 0 Å². The fraction of sp³-hybridized carbons (Fsp3) is 0.538. The monoisotopic (exact) mass is 252 g/mol. The molecule has 0 spiro atoms. The Labute approximate surface area is 107 Å². The van der Waals surface area contributed by atoms with Gasteiger partial charge in [-0.25, -0.2) is 0 Å². The van der Waals surface area contributed by atoms with Crippen molar-refractivity contribution in [3.63, 3.8) is 0 Å². The van der Waals surface area contributed by atoms with Crippen LogP contribution in [0.15, 0.2) is 17.1 Å². The third-order valence-corrected chi connectivity index (χ3v) is 2.36. The highest BCUT2D eigenvalue weighted by molar-refractivity contribution is 5.93. The summed E-state index contributed by atoms with van der Waals surface area (Å²) in [4.78, 5) is 26.1. The lowest BCUT2D eigenvalue weighted by Gasteiger charge is -2.08. The second-order valence-corrected chi connectivity index (χ2v) is 4.42. The van der Waals surface area contributed by atoms with Gasteiger partial charge >= 0.3 is 0 Å². The van der Waals surface area contributed by atoms with Gasteiger partial charge in [-0.15, -0.1) is 0 Å². The largest absolute Gasteiger partial charge is 0.379 e. The predicted molar refractivity (Wildman–Crippen MR) is 69.8 cm³/mol. The van der Waals surface area contributed by atoms with E-state index >= 15 is 0 Å². The smallest absolute Gasteiger partial charge is 0.256 e. The number of hydrogen-bond acceptors (Lipinski definition) is 3. The van der Waals surface area contributed by atoms with Crippen molar-refractivity contribution in [3.8, 4) is 0 Å². The zero-order valence-corrected chi connectivity index (χ0v) is 11.1. The molecular weight excluding hydrogens is 232 g/mol. The molecule has 1 rings (SSSR count). The quantitative estimate of drug-likeness (QED) is 0.748. The van der Waals surface area contributed by atoms with E-state index in [9.17, 15) is 9.59 Å². The summed E-state index contributed by atoms with van der Waals surface area (Å²) in [6.07, 6.45) is 2.37. The van der Waals surface area contributed by atoms with Crippen molar-refractivity contribution in [2.24, 2.45) is 0 Å². The van der Waals surface area contributed by atoms with Gasteiger partial charge in [0, 0.05) is 31.1 Å². The van der Waals surface area contributed by atoms with Gasteiger partial charge in [0.1, 0.15) is 5.56 Å². The molecule has 0 aromatic carbocycles. The zero-order chi connectivity index (χ0) is 13.5. The van der Waals surface area contributed by atoms with Crippen molar-refractivity contribution in [2.75, 3.05) is 13.2 Å². The van der Waals surface area contributed by atoms with E-state index in [0.717, 1.165) is 12.1 Å². The molecule has 0 saturated heterocycles. The van der Waals surface area contributed by atoms with Gasteiger partial charge in [0.25, 0.3) is 5.91 Å². The maximum atomic E-state index is 11.7. The summed E-state index contributed by atoms with van der Waals surface area (Å²) in [6, 6.07) is 1.41. The summed E-state index contributed by atoms with van der Waals surface area (Å²) in [5.41, 5.74) is 0.620. The molecule has 2 N–H and O–H groups in total. The fourth-order valence-electron chi connectivity index (χ4n) is 1.44. The number of aromatic nitrogens is 1. The van der Waals surface area contributed by atoms with Crippen molar-refractivity contribution in [2.45, 2.75) is 33.3 Å². The number of aryl methyl sites for hydroxylation is 1. The Morgan fingerprint density at radius 2 is 2.22 bits per heavy atom. The van der Waals surface area contributed by atoms with E-state index in [1.165, 1.54) is 12.3 Å². The van der Waals surface area contributed by atoms with Gasteiger partial charge in [-0.1, -0.05) is 0 Å². The number of hydrogen-bond donors (Lipinski definition) is 2. The lowest BCUT2D eigenvalue weighted by molar-refractivity contribution is 0.0757. The molecular formula is C13H20N2O3. The van der Waals surface area contributed by atoms with Gasteiger partial charge in [0.2, 0.25) is 0 Å². The molecule has 1 amide bonds. The average Bonchev–Trinajstić information content (AvgIpc) is 2.27. The van der Waals surface area contributed by atoms with E-state index in [-0.39, 0.29) is 23.0 Å². The third-order valence-electron chi connectivity index (χ3n) is 2.36. The Balaban J connectivity index is 2.39. The van der Waals surface area contributed by atoms with Gasteiger partial charge in [0.15, 0.2) is 5.43 Å². The molecule has 0 unspecified atom stereocenters. The van der Waals surface area contributed by atoms with E-state index in [1.807, 2.05) is 13.8 Å². The van der Waals surface area contributed by atoms with Crippen LogP contribution in [0.2, 0.25) is 0 Å². The number of rotatable bonds is 6. The second-order valence-electron chi connectivity index (χ2n) is 4.42. The van der Waals surface area contributed by atoms with E-state index < -0.39 is 0 Å². The summed E-state index contributed by atoms with van der Waals surface area (Å²) >= 11 is 0. The lowest BCUT2D eigenvalue weighted by atomic mass is 10.2. The van der Waals surface area contributed by atoms with E-state index in [4.69, 9.17) is 4.74 Å². The highest BCUT2D eigenvalue weighted by Crippen LogP contribution is 1.93. The standard InChI is InChI=1S/C13H20N2O3/c1-9(2)18-6-4-5-14-13(17)11-8-15-10(3)7-12(11)16/h7-9H,4-6H2,1-3H3,(H,14,17)(H,15,16). The minimum Gasteiger partial charge on any atom is -0.379 e. The lowest BCUT2D eigenvalue weighted by Crippen LogP contribution is -2.30. The molecule has 1 aromatic heterocycles. The summed E-state index contributed by atoms with van der Waals surface area (Å²) < 4.78 is 5.35. The average molecular weight is 252 g/mol. The van der Waals surface area contributed by atoms with Gasteiger partial charge in [0.05, 0.1) is 6.10 Å². The van der Waals surface area contributed by atoms with Crippen LogP contribution in [0.4, 0.5) is 0 Å². The Hall–Kier alpha value is -1.62. The van der Waals surface area contributed by atoms with Crippen LogP contribution in [-0.2, 0) is 4.74 Å². The fourth-order valence-corrected chi connectivity index (χ4v) is 1.44. The molecule has 0 atom stereocenters. The predicted octanol–water partition coefficient (Wildman–Crippen LogP) is 1.23. The van der Waals surface area contributed by atoms with E-state index in [2.05, 4.69) is 10.3 Å². The maximum absolute atomic E-state index is 11.7. The van der Waals surface area contributed by atoms with Gasteiger partial charge < -0.3 is 15.0 Å². The minimum absolute atomic E-state index is 0.144. The SMILES string of the molecule is Cc1cc(=O)c(C(=O)NCCCOC(C)C)c[nH]1. The molecule has 5 nitrogen and oxygen atoms in total. The Morgan fingerprint density at radius 1 is 1.50 bits per heavy atom. The molecule has 0 aliphatic rings. The van der Waals surface area contributed by atoms with Gasteiger partial charge in [-0.05, 0) is 27.2 Å². The van der Waals surface area contributed by atoms with Crippen molar-refractivity contribution in [3.05, 3.63) is 33.7 Å². The third kappa shape index (κ3) is 4.71. The number of pyridine rings is 1. The summed E-state index contributed by atoms with van der Waals surface area (Å²) in [5.74, 6) is -0.346. The second kappa shape index (κ2) is 6.96. The maximum Gasteiger partial charge on any atom is 0.256 e. The Morgan fingerprint density at radius 3 is 2.83 bits per heavy atom. The van der Waals surface area contributed by atoms with Crippen LogP contribution in [0, 0.1) is 6.92 Å². The molecule has 0 radical (unpaired) electrons. The van der Waals surface area contributed by atoms with Crippen molar-refractivity contribution >= 4 is 5.91 Å². The number of amides is 1. The highest BCUT2D eigenvalue weighted by atomic mass is 16.5. The molecule has 100 valence electrons. The van der Waals surface area contributed by atoms with Crippen LogP contribution in [-0.4, -0.2) is 30.1 Å². The summed E-state index contributed by atoms with van der Waals surface area (Å²) in [5, 5.41) is 2.69. The van der Waals surface area contributed by atoms with Crippen LogP contribution < -0.4 is 10.7 Å². The topological polar surface area (TPSA) is 71.2 Å². The van der Waals surface area contributed by atoms with Gasteiger partial charge in [-0.3, -0.25) is 9.59 Å². The van der Waals surface area contributed by atoms with Crippen molar-refractivity contribution in [1.82, 2.24) is 10.3 Å². The van der Waals surface area contributed by atoms with Gasteiger partial charge in [-0.2, -0.15) is 0 Å². The number of aromatic amines is 1. The molecule has 0 bridgehead atoms. The molecule has 0 saturated carbocycles. The number of ether oxygens (including phenoxy) is 1. The molecule has 5 heteroatoms. The van der Waals surface area contributed by atoms with Crippen LogP contribution in [0.5, 0.6) is 0 Å². The number of carbonyl (C=O) groups is 1. The molecule has 1 heterocycles. The Bertz CT molecular complexity index is 452. The first-order chi connectivity index (χ1) is 8.50.